The van der Waals surface area contributed by atoms with E-state index in [-0.39, 0.29) is 11.3 Å². The fourth-order valence-electron chi connectivity index (χ4n) is 3.30. The molecule has 5 rings (SSSR count). The Kier molecular flexibility index (Phi) is 7.43. The summed E-state index contributed by atoms with van der Waals surface area (Å²) in [4.78, 5) is 23.7. The number of carboxylic acids is 1. The number of carbonyl (C=O) groups excluding carboxylic acids is 1. The lowest BCUT2D eigenvalue weighted by atomic mass is 9.95. The van der Waals surface area contributed by atoms with E-state index in [4.69, 9.17) is 9.47 Å². The summed E-state index contributed by atoms with van der Waals surface area (Å²) < 4.78 is 11.6. The van der Waals surface area contributed by atoms with Crippen molar-refractivity contribution in [2.75, 3.05) is 11.9 Å². The van der Waals surface area contributed by atoms with E-state index in [1.54, 1.807) is 42.5 Å². The van der Waals surface area contributed by atoms with Crippen LogP contribution in [0.5, 0.6) is 17.2 Å². The molecule has 0 heterocycles. The average Bonchev–Trinajstić information content (AvgIpc) is 2.86. The van der Waals surface area contributed by atoms with Crippen LogP contribution in [0.1, 0.15) is 34.1 Å². The quantitative estimate of drug-likeness (QED) is 0.260. The lowest BCUT2D eigenvalue weighted by Gasteiger charge is -2.12. The van der Waals surface area contributed by atoms with Gasteiger partial charge >= 0.3 is 5.97 Å². The van der Waals surface area contributed by atoms with Crippen molar-refractivity contribution in [1.29, 1.82) is 0 Å². The first-order chi connectivity index (χ1) is 17.0. The van der Waals surface area contributed by atoms with Gasteiger partial charge in [-0.15, -0.1) is 0 Å². The monoisotopic (exact) mass is 467 g/mol. The Morgan fingerprint density at radius 3 is 1.94 bits per heavy atom. The number of carboxylic acid groups (broad SMARTS) is 1. The van der Waals surface area contributed by atoms with Gasteiger partial charge in [-0.3, -0.25) is 4.79 Å². The molecule has 35 heavy (non-hydrogen) atoms. The number of nitrogens with one attached hydrogen (secondary N) is 1. The van der Waals surface area contributed by atoms with Crippen molar-refractivity contribution in [3.8, 4) is 28.4 Å². The third-order valence-corrected chi connectivity index (χ3v) is 5.28. The molecule has 0 spiro atoms. The second-order valence-electron chi connectivity index (χ2n) is 7.80. The molecule has 2 N–H and O–H groups in total. The Morgan fingerprint density at radius 1 is 0.771 bits per heavy atom. The standard InChI is InChI=1S/C23H21NO5.C6H4/c1-2-15-28-20-9-5-6-10-21(20)29-17-13-11-16(12-14-17)22(25)24-19-8-4-3-7-18(19)23(26)27;1-2-6-4-3-5(1)6/h3-14H,2,15H2,1H3,(H,24,25)(H,26,27);1-4H. The molecule has 0 saturated heterocycles. The van der Waals surface area contributed by atoms with Gasteiger partial charge < -0.3 is 19.9 Å². The van der Waals surface area contributed by atoms with Crippen LogP contribution in [0.2, 0.25) is 0 Å². The summed E-state index contributed by atoms with van der Waals surface area (Å²) in [5.41, 5.74) is 3.51. The Morgan fingerprint density at radius 2 is 1.37 bits per heavy atom. The van der Waals surface area contributed by atoms with Gasteiger partial charge in [0.25, 0.3) is 5.91 Å². The lowest BCUT2D eigenvalue weighted by molar-refractivity contribution is 0.0698. The van der Waals surface area contributed by atoms with Gasteiger partial charge in [0.1, 0.15) is 5.75 Å². The Labute approximate surface area is 203 Å². The maximum absolute atomic E-state index is 12.5. The van der Waals surface area contributed by atoms with Crippen LogP contribution >= 0.6 is 0 Å². The number of fused-ring (bicyclic) bond motifs is 1. The zero-order valence-electron chi connectivity index (χ0n) is 19.2. The fraction of sp³-hybridized carbons (Fsp3) is 0.103. The van der Waals surface area contributed by atoms with E-state index in [0.29, 0.717) is 29.4 Å². The van der Waals surface area contributed by atoms with Gasteiger partial charge in [-0.05, 0) is 66.1 Å². The van der Waals surface area contributed by atoms with Crippen molar-refractivity contribution in [2.45, 2.75) is 13.3 Å². The summed E-state index contributed by atoms with van der Waals surface area (Å²) in [6.07, 6.45) is 0.892. The van der Waals surface area contributed by atoms with Gasteiger partial charge in [0, 0.05) is 5.56 Å². The minimum atomic E-state index is -1.10. The number of benzene rings is 4. The van der Waals surface area contributed by atoms with E-state index < -0.39 is 11.9 Å². The number of amides is 1. The van der Waals surface area contributed by atoms with Gasteiger partial charge in [0.2, 0.25) is 0 Å². The highest BCUT2D eigenvalue weighted by atomic mass is 16.5. The van der Waals surface area contributed by atoms with E-state index >= 15 is 0 Å². The predicted molar refractivity (Wildman–Crippen MR) is 136 cm³/mol. The largest absolute Gasteiger partial charge is 0.490 e. The van der Waals surface area contributed by atoms with Crippen molar-refractivity contribution in [3.05, 3.63) is 108 Å². The maximum atomic E-state index is 12.5. The molecule has 2 aliphatic carbocycles. The summed E-state index contributed by atoms with van der Waals surface area (Å²) in [5.74, 6) is 0.292. The van der Waals surface area contributed by atoms with Gasteiger partial charge in [0.15, 0.2) is 11.5 Å². The molecule has 0 atom stereocenters. The Balaban J connectivity index is 0.000000411. The number of aromatic carboxylic acids is 1. The van der Waals surface area contributed by atoms with Crippen LogP contribution in [0, 0.1) is 0 Å². The highest BCUT2D eigenvalue weighted by Crippen LogP contribution is 2.31. The minimum absolute atomic E-state index is 0.0319. The van der Waals surface area contributed by atoms with Crippen molar-refractivity contribution >= 4 is 17.6 Å². The van der Waals surface area contributed by atoms with Gasteiger partial charge in [0.05, 0.1) is 17.9 Å². The molecule has 0 unspecified atom stereocenters. The molecule has 6 heteroatoms. The van der Waals surface area contributed by atoms with Crippen molar-refractivity contribution in [1.82, 2.24) is 0 Å². The number of hydrogen-bond donors (Lipinski definition) is 2. The molecule has 6 nitrogen and oxygen atoms in total. The average molecular weight is 468 g/mol. The zero-order chi connectivity index (χ0) is 24.6. The molecule has 0 aliphatic heterocycles. The number of hydrogen-bond acceptors (Lipinski definition) is 4. The van der Waals surface area contributed by atoms with E-state index in [9.17, 15) is 14.7 Å². The van der Waals surface area contributed by atoms with Crippen LogP contribution in [0.15, 0.2) is 97.1 Å². The first-order valence-corrected chi connectivity index (χ1v) is 11.3. The highest BCUT2D eigenvalue weighted by molar-refractivity contribution is 6.07. The summed E-state index contributed by atoms with van der Waals surface area (Å²) in [6, 6.07) is 28.7. The van der Waals surface area contributed by atoms with Crippen molar-refractivity contribution in [2.24, 2.45) is 0 Å². The molecular formula is C29H25NO5. The molecule has 3 aromatic carbocycles. The smallest absolute Gasteiger partial charge is 0.337 e. The Hall–Kier alpha value is -4.58. The first-order valence-electron chi connectivity index (χ1n) is 11.3. The number of rotatable bonds is 8. The van der Waals surface area contributed by atoms with Gasteiger partial charge in [-0.1, -0.05) is 55.5 Å². The minimum Gasteiger partial charge on any atom is -0.490 e. The predicted octanol–water partition coefficient (Wildman–Crippen LogP) is 6.89. The third-order valence-electron chi connectivity index (χ3n) is 5.28. The first kappa shape index (κ1) is 23.6. The number of ether oxygens (including phenoxy) is 2. The van der Waals surface area contributed by atoms with E-state index in [2.05, 4.69) is 29.6 Å². The normalized spacial score (nSPS) is 10.4. The van der Waals surface area contributed by atoms with Crippen LogP contribution in [-0.2, 0) is 0 Å². The van der Waals surface area contributed by atoms with Crippen LogP contribution in [0.4, 0.5) is 5.69 Å². The van der Waals surface area contributed by atoms with Gasteiger partial charge in [-0.2, -0.15) is 0 Å². The second-order valence-corrected chi connectivity index (χ2v) is 7.80. The van der Waals surface area contributed by atoms with Crippen LogP contribution < -0.4 is 14.8 Å². The zero-order valence-corrected chi connectivity index (χ0v) is 19.2. The second kappa shape index (κ2) is 11.0. The van der Waals surface area contributed by atoms with Crippen molar-refractivity contribution in [3.63, 3.8) is 0 Å². The topological polar surface area (TPSA) is 84.9 Å². The molecule has 176 valence electrons. The fourth-order valence-corrected chi connectivity index (χ4v) is 3.30. The molecular weight excluding hydrogens is 442 g/mol. The van der Waals surface area contributed by atoms with Crippen LogP contribution in [0.3, 0.4) is 0 Å². The van der Waals surface area contributed by atoms with Gasteiger partial charge in [-0.25, -0.2) is 4.79 Å². The summed E-state index contributed by atoms with van der Waals surface area (Å²) in [6.45, 7) is 2.62. The van der Waals surface area contributed by atoms with E-state index in [1.807, 2.05) is 31.2 Å². The molecule has 0 aromatic heterocycles. The van der Waals surface area contributed by atoms with Crippen LogP contribution in [0.25, 0.3) is 11.1 Å². The SMILES string of the molecule is CCCOc1ccccc1Oc1ccc(C(=O)Nc2ccccc2C(=O)O)cc1.c1cc2ccc1-2. The highest BCUT2D eigenvalue weighted by Gasteiger charge is 2.13. The molecule has 0 fully saturated rings. The summed E-state index contributed by atoms with van der Waals surface area (Å²) in [7, 11) is 0. The number of anilines is 1. The van der Waals surface area contributed by atoms with E-state index in [0.717, 1.165) is 6.42 Å². The molecule has 0 saturated carbocycles. The maximum Gasteiger partial charge on any atom is 0.337 e. The molecule has 1 amide bonds. The van der Waals surface area contributed by atoms with Crippen LogP contribution in [-0.4, -0.2) is 23.6 Å². The number of carbonyl (C=O) groups is 2. The summed E-state index contributed by atoms with van der Waals surface area (Å²) in [5, 5.41) is 11.9. The summed E-state index contributed by atoms with van der Waals surface area (Å²) >= 11 is 0. The van der Waals surface area contributed by atoms with Crippen molar-refractivity contribution < 1.29 is 24.2 Å². The van der Waals surface area contributed by atoms with E-state index in [1.165, 1.54) is 17.2 Å². The number of para-hydroxylation sites is 3. The third kappa shape index (κ3) is 5.86. The lowest BCUT2D eigenvalue weighted by Crippen LogP contribution is -2.14. The molecule has 2 aliphatic rings. The Bertz CT molecular complexity index is 1290. The molecule has 0 bridgehead atoms. The molecule has 0 radical (unpaired) electrons. The molecule has 3 aromatic rings.